The molecule has 23 heavy (non-hydrogen) atoms. The van der Waals surface area contributed by atoms with Gasteiger partial charge in [-0.3, -0.25) is 0 Å². The van der Waals surface area contributed by atoms with Crippen molar-refractivity contribution < 1.29 is 4.48 Å². The SMILES string of the molecule is CCN=C=NCCC[N+](C)(C)Cc1ccc(C(C)C)cc1.CCl. The van der Waals surface area contributed by atoms with Crippen LogP contribution in [-0.2, 0) is 6.54 Å². The van der Waals surface area contributed by atoms with Crippen LogP contribution in [0.2, 0.25) is 0 Å². The molecular formula is C19H33ClN3+. The third-order valence-electron chi connectivity index (χ3n) is 3.59. The molecule has 0 bridgehead atoms. The molecule has 0 radical (unpaired) electrons. The van der Waals surface area contributed by atoms with Crippen LogP contribution < -0.4 is 0 Å². The molecule has 0 aliphatic carbocycles. The number of quaternary nitrogens is 1. The van der Waals surface area contributed by atoms with Gasteiger partial charge >= 0.3 is 0 Å². The molecule has 130 valence electrons. The summed E-state index contributed by atoms with van der Waals surface area (Å²) in [5.74, 6) is 0.601. The topological polar surface area (TPSA) is 24.7 Å². The summed E-state index contributed by atoms with van der Waals surface area (Å²) in [6, 6.07) is 11.8. The molecule has 0 N–H and O–H groups in total. The molecule has 0 saturated carbocycles. The lowest BCUT2D eigenvalue weighted by Crippen LogP contribution is -2.39. The van der Waals surface area contributed by atoms with E-state index in [9.17, 15) is 0 Å². The Kier molecular flexibility index (Phi) is 11.7. The molecule has 0 heterocycles. The molecule has 0 aliphatic rings. The van der Waals surface area contributed by atoms with E-state index >= 15 is 0 Å². The number of nitrogens with zero attached hydrogens (tertiary/aromatic N) is 3. The highest BCUT2D eigenvalue weighted by atomic mass is 35.5. The Morgan fingerprint density at radius 1 is 1.09 bits per heavy atom. The minimum atomic E-state index is 0.601. The number of aliphatic imine (C=N–C) groups is 2. The third kappa shape index (κ3) is 10.3. The molecule has 0 aromatic heterocycles. The highest BCUT2D eigenvalue weighted by molar-refractivity contribution is 6.15. The second-order valence-electron chi connectivity index (χ2n) is 6.52. The van der Waals surface area contributed by atoms with E-state index in [-0.39, 0.29) is 0 Å². The second-order valence-corrected chi connectivity index (χ2v) is 6.52. The normalized spacial score (nSPS) is 10.6. The number of hydrogen-bond donors (Lipinski definition) is 0. The zero-order valence-electron chi connectivity index (χ0n) is 15.6. The quantitative estimate of drug-likeness (QED) is 0.281. The van der Waals surface area contributed by atoms with Crippen molar-refractivity contribution in [3.05, 3.63) is 35.4 Å². The van der Waals surface area contributed by atoms with Crippen LogP contribution in [0.5, 0.6) is 0 Å². The van der Waals surface area contributed by atoms with Crippen molar-refractivity contribution in [2.24, 2.45) is 9.98 Å². The fourth-order valence-electron chi connectivity index (χ4n) is 2.33. The van der Waals surface area contributed by atoms with Gasteiger partial charge in [-0.2, -0.15) is 0 Å². The van der Waals surface area contributed by atoms with Crippen LogP contribution in [0.4, 0.5) is 0 Å². The molecule has 0 spiro atoms. The third-order valence-corrected chi connectivity index (χ3v) is 3.59. The molecule has 0 fully saturated rings. The summed E-state index contributed by atoms with van der Waals surface area (Å²) in [5, 5.41) is 0. The summed E-state index contributed by atoms with van der Waals surface area (Å²) in [7, 11) is 4.56. The summed E-state index contributed by atoms with van der Waals surface area (Å²) in [6.07, 6.45) is 2.54. The summed E-state index contributed by atoms with van der Waals surface area (Å²) < 4.78 is 0.988. The second kappa shape index (κ2) is 12.3. The number of rotatable bonds is 8. The highest BCUT2D eigenvalue weighted by Crippen LogP contribution is 2.17. The number of benzene rings is 1. The first-order valence-corrected chi connectivity index (χ1v) is 9.07. The number of hydrogen-bond acceptors (Lipinski definition) is 2. The molecule has 0 unspecified atom stereocenters. The van der Waals surface area contributed by atoms with E-state index in [2.05, 4.69) is 79.8 Å². The standard InChI is InChI=1S/C18H30N3.CH3Cl/c1-6-19-15-20-12-7-13-21(4,5)14-17-8-10-18(11-9-17)16(2)3;1-2/h8-11,16H,6-7,12-14H2,1-5H3;1H3/q+1;. The fourth-order valence-corrected chi connectivity index (χ4v) is 2.33. The maximum Gasteiger partial charge on any atom is 0.104 e. The minimum Gasteiger partial charge on any atom is -0.325 e. The van der Waals surface area contributed by atoms with Crippen molar-refractivity contribution in [2.45, 2.75) is 39.7 Å². The van der Waals surface area contributed by atoms with Gasteiger partial charge in [-0.25, -0.2) is 9.98 Å². The van der Waals surface area contributed by atoms with Gasteiger partial charge < -0.3 is 4.48 Å². The average molecular weight is 339 g/mol. The Hall–Kier alpha value is -1.15. The Morgan fingerprint density at radius 3 is 2.22 bits per heavy atom. The Bertz CT molecular complexity index is 472. The predicted molar refractivity (Wildman–Crippen MR) is 103 cm³/mol. The van der Waals surface area contributed by atoms with Crippen LogP contribution in [0.15, 0.2) is 34.3 Å². The highest BCUT2D eigenvalue weighted by Gasteiger charge is 2.15. The Balaban J connectivity index is 0.00000232. The zero-order valence-corrected chi connectivity index (χ0v) is 16.4. The van der Waals surface area contributed by atoms with E-state index in [4.69, 9.17) is 0 Å². The maximum absolute atomic E-state index is 4.64. The van der Waals surface area contributed by atoms with Gasteiger partial charge in [-0.15, -0.1) is 11.6 Å². The first-order chi connectivity index (χ1) is 10.9. The van der Waals surface area contributed by atoms with Crippen molar-refractivity contribution in [1.29, 1.82) is 0 Å². The van der Waals surface area contributed by atoms with Gasteiger partial charge in [0.25, 0.3) is 0 Å². The van der Waals surface area contributed by atoms with Crippen LogP contribution in [0.3, 0.4) is 0 Å². The van der Waals surface area contributed by atoms with E-state index in [0.29, 0.717) is 5.92 Å². The van der Waals surface area contributed by atoms with Crippen LogP contribution in [-0.4, -0.2) is 50.6 Å². The van der Waals surface area contributed by atoms with Gasteiger partial charge in [0.1, 0.15) is 6.54 Å². The average Bonchev–Trinajstić information content (AvgIpc) is 2.53. The molecule has 1 aromatic carbocycles. The van der Waals surface area contributed by atoms with Gasteiger partial charge in [-0.1, -0.05) is 38.1 Å². The smallest absolute Gasteiger partial charge is 0.104 e. The van der Waals surface area contributed by atoms with Gasteiger partial charge in [-0.05, 0) is 18.4 Å². The predicted octanol–water partition coefficient (Wildman–Crippen LogP) is 4.83. The van der Waals surface area contributed by atoms with Gasteiger partial charge in [0.05, 0.1) is 33.2 Å². The zero-order chi connectivity index (χ0) is 17.7. The van der Waals surface area contributed by atoms with Gasteiger partial charge in [0, 0.05) is 24.9 Å². The molecule has 4 heteroatoms. The van der Waals surface area contributed by atoms with Crippen LogP contribution >= 0.6 is 11.6 Å². The molecule has 3 nitrogen and oxygen atoms in total. The minimum absolute atomic E-state index is 0.601. The molecule has 0 amide bonds. The summed E-state index contributed by atoms with van der Waals surface area (Å²) in [4.78, 5) is 8.15. The van der Waals surface area contributed by atoms with Crippen molar-refractivity contribution in [3.8, 4) is 0 Å². The van der Waals surface area contributed by atoms with Crippen molar-refractivity contribution in [1.82, 2.24) is 0 Å². The summed E-state index contributed by atoms with van der Waals surface area (Å²) in [6.45, 7) is 10.2. The van der Waals surface area contributed by atoms with Crippen molar-refractivity contribution in [3.63, 3.8) is 0 Å². The van der Waals surface area contributed by atoms with Crippen molar-refractivity contribution >= 4 is 17.6 Å². The maximum atomic E-state index is 4.64. The Labute approximate surface area is 147 Å². The van der Waals surface area contributed by atoms with Gasteiger partial charge in [0.2, 0.25) is 0 Å². The molecular weight excluding hydrogens is 306 g/mol. The van der Waals surface area contributed by atoms with E-state index in [0.717, 1.165) is 37.1 Å². The first kappa shape index (κ1) is 21.9. The largest absolute Gasteiger partial charge is 0.325 e. The first-order valence-electron chi connectivity index (χ1n) is 8.31. The molecule has 1 rings (SSSR count). The monoisotopic (exact) mass is 338 g/mol. The van der Waals surface area contributed by atoms with Crippen LogP contribution in [0.1, 0.15) is 44.2 Å². The van der Waals surface area contributed by atoms with Gasteiger partial charge in [0.15, 0.2) is 0 Å². The van der Waals surface area contributed by atoms with E-state index in [1.165, 1.54) is 17.5 Å². The summed E-state index contributed by atoms with van der Waals surface area (Å²) in [5.41, 5.74) is 2.81. The lowest BCUT2D eigenvalue weighted by Gasteiger charge is -2.29. The van der Waals surface area contributed by atoms with E-state index in [1.54, 1.807) is 0 Å². The Morgan fingerprint density at radius 2 is 1.70 bits per heavy atom. The number of halogens is 1. The molecule has 0 saturated heterocycles. The molecule has 0 atom stereocenters. The lowest BCUT2D eigenvalue weighted by molar-refractivity contribution is -0.903. The summed E-state index contributed by atoms with van der Waals surface area (Å²) >= 11 is 4.64. The fraction of sp³-hybridized carbons (Fsp3) is 0.632. The van der Waals surface area contributed by atoms with Crippen molar-refractivity contribution in [2.75, 3.05) is 40.1 Å². The van der Waals surface area contributed by atoms with E-state index < -0.39 is 0 Å². The molecule has 0 aliphatic heterocycles. The molecule has 1 aromatic rings. The lowest BCUT2D eigenvalue weighted by atomic mass is 10.0. The van der Waals surface area contributed by atoms with E-state index in [1.807, 2.05) is 6.92 Å². The van der Waals surface area contributed by atoms with Crippen LogP contribution in [0.25, 0.3) is 0 Å². The van der Waals surface area contributed by atoms with Crippen LogP contribution in [0, 0.1) is 0 Å². The number of alkyl halides is 1.